The molecule has 0 spiro atoms. The van der Waals surface area contributed by atoms with E-state index in [-0.39, 0.29) is 11.9 Å². The smallest absolute Gasteiger partial charge is 0.167 e. The Morgan fingerprint density at radius 1 is 1.15 bits per heavy atom. The zero-order valence-corrected chi connectivity index (χ0v) is 20.6. The monoisotopic (exact) mass is 465 g/mol. The average Bonchev–Trinajstić information content (AvgIpc) is 3.47. The number of fused-ring (bicyclic) bond motifs is 1. The number of anilines is 2. The number of ether oxygens (including phenoxy) is 1. The van der Waals surface area contributed by atoms with Crippen LogP contribution in [0.5, 0.6) is 5.75 Å². The largest absolute Gasteiger partial charge is 0.487 e. The number of benzene rings is 1. The van der Waals surface area contributed by atoms with Gasteiger partial charge in [0.1, 0.15) is 5.82 Å². The van der Waals surface area contributed by atoms with Gasteiger partial charge in [-0.15, -0.1) is 0 Å². The van der Waals surface area contributed by atoms with Crippen molar-refractivity contribution in [2.75, 3.05) is 29.9 Å². The van der Waals surface area contributed by atoms with Crippen molar-refractivity contribution in [2.45, 2.75) is 71.4 Å². The molecular formula is C27H36FN5O. The number of hydrogen-bond donors (Lipinski definition) is 1. The molecule has 7 heteroatoms. The Balaban J connectivity index is 1.37. The van der Waals surface area contributed by atoms with Gasteiger partial charge in [-0.25, -0.2) is 9.37 Å². The Bertz CT molecular complexity index is 1140. The van der Waals surface area contributed by atoms with Crippen molar-refractivity contribution < 1.29 is 9.13 Å². The first kappa shape index (κ1) is 22.9. The molecule has 0 radical (unpaired) electrons. The van der Waals surface area contributed by atoms with Crippen molar-refractivity contribution >= 4 is 22.5 Å². The molecule has 3 heterocycles. The minimum Gasteiger partial charge on any atom is -0.487 e. The Hall–Kier alpha value is -2.83. The Labute approximate surface area is 201 Å². The van der Waals surface area contributed by atoms with Gasteiger partial charge >= 0.3 is 0 Å². The van der Waals surface area contributed by atoms with Crippen LogP contribution in [0.3, 0.4) is 0 Å². The molecule has 6 nitrogen and oxygen atoms in total. The molecule has 1 aliphatic heterocycles. The van der Waals surface area contributed by atoms with Crippen LogP contribution in [0.15, 0.2) is 30.5 Å². The summed E-state index contributed by atoms with van der Waals surface area (Å²) in [5.41, 5.74) is 1.77. The van der Waals surface area contributed by atoms with Crippen LogP contribution in [0.2, 0.25) is 0 Å². The summed E-state index contributed by atoms with van der Waals surface area (Å²) >= 11 is 0. The molecule has 0 bridgehead atoms. The quantitative estimate of drug-likeness (QED) is 0.456. The van der Waals surface area contributed by atoms with E-state index in [1.807, 2.05) is 12.3 Å². The molecule has 1 aromatic carbocycles. The first-order valence-corrected chi connectivity index (χ1v) is 12.9. The number of hydrogen-bond acceptors (Lipinski definition) is 5. The summed E-state index contributed by atoms with van der Waals surface area (Å²) in [6.07, 6.45) is 8.17. The van der Waals surface area contributed by atoms with Crippen LogP contribution >= 0.6 is 0 Å². The molecule has 0 unspecified atom stereocenters. The highest BCUT2D eigenvalue weighted by atomic mass is 19.1. The molecular weight excluding hydrogens is 429 g/mol. The zero-order chi connectivity index (χ0) is 23.7. The van der Waals surface area contributed by atoms with E-state index in [9.17, 15) is 4.39 Å². The van der Waals surface area contributed by atoms with Gasteiger partial charge in [0.05, 0.1) is 23.0 Å². The van der Waals surface area contributed by atoms with Gasteiger partial charge in [0.2, 0.25) is 0 Å². The number of halogens is 1. The minimum absolute atomic E-state index is 0.0386. The van der Waals surface area contributed by atoms with Gasteiger partial charge in [-0.05, 0) is 63.5 Å². The third-order valence-electron chi connectivity index (χ3n) is 7.53. The third kappa shape index (κ3) is 4.44. The van der Waals surface area contributed by atoms with Crippen molar-refractivity contribution in [3.05, 3.63) is 41.8 Å². The Morgan fingerprint density at radius 2 is 1.97 bits per heavy atom. The number of aromatic nitrogens is 3. The predicted octanol–water partition coefficient (Wildman–Crippen LogP) is 6.11. The number of nitrogens with one attached hydrogen (secondary N) is 1. The van der Waals surface area contributed by atoms with Gasteiger partial charge in [-0.2, -0.15) is 5.10 Å². The second kappa shape index (κ2) is 9.80. The van der Waals surface area contributed by atoms with Crippen LogP contribution in [0, 0.1) is 18.7 Å². The van der Waals surface area contributed by atoms with Crippen LogP contribution in [0.1, 0.15) is 64.0 Å². The highest BCUT2D eigenvalue weighted by molar-refractivity contribution is 5.91. The maximum Gasteiger partial charge on any atom is 0.167 e. The molecule has 182 valence electrons. The summed E-state index contributed by atoms with van der Waals surface area (Å²) in [4.78, 5) is 7.10. The van der Waals surface area contributed by atoms with Crippen LogP contribution in [0.25, 0.3) is 10.9 Å². The van der Waals surface area contributed by atoms with Crippen molar-refractivity contribution in [1.82, 2.24) is 14.8 Å². The number of aryl methyl sites for hydroxylation is 1. The van der Waals surface area contributed by atoms with Crippen molar-refractivity contribution in [3.63, 3.8) is 0 Å². The second-order valence-corrected chi connectivity index (χ2v) is 9.83. The SMILES string of the molecule is CCNc1cc2c(cn1)c(N1CC[C@@H](CC)C1)nn2C1CCC(Oc2cccc(C)c2F)CC1. The topological polar surface area (TPSA) is 55.2 Å². The number of pyridine rings is 1. The zero-order valence-electron chi connectivity index (χ0n) is 20.6. The van der Waals surface area contributed by atoms with E-state index in [1.165, 1.54) is 12.8 Å². The lowest BCUT2D eigenvalue weighted by atomic mass is 9.93. The Morgan fingerprint density at radius 3 is 2.71 bits per heavy atom. The normalized spacial score (nSPS) is 22.9. The maximum atomic E-state index is 14.4. The molecule has 5 rings (SSSR count). The number of rotatable bonds is 7. The molecule has 2 fully saturated rings. The first-order valence-electron chi connectivity index (χ1n) is 12.9. The molecule has 1 atom stereocenters. The summed E-state index contributed by atoms with van der Waals surface area (Å²) in [5.74, 6) is 2.83. The molecule has 1 aliphatic carbocycles. The minimum atomic E-state index is -0.244. The van der Waals surface area contributed by atoms with Crippen molar-refractivity contribution in [2.24, 2.45) is 5.92 Å². The lowest BCUT2D eigenvalue weighted by Crippen LogP contribution is -2.27. The van der Waals surface area contributed by atoms with Crippen LogP contribution in [-0.4, -0.2) is 40.5 Å². The highest BCUT2D eigenvalue weighted by Gasteiger charge is 2.30. The van der Waals surface area contributed by atoms with Gasteiger partial charge in [-0.1, -0.05) is 25.5 Å². The second-order valence-electron chi connectivity index (χ2n) is 9.83. The van der Waals surface area contributed by atoms with E-state index in [0.29, 0.717) is 17.4 Å². The van der Waals surface area contributed by atoms with Gasteiger partial charge in [-0.3, -0.25) is 4.68 Å². The summed E-state index contributed by atoms with van der Waals surface area (Å²) in [6, 6.07) is 7.82. The van der Waals surface area contributed by atoms with Gasteiger partial charge in [0.15, 0.2) is 17.4 Å². The molecule has 0 amide bonds. The molecule has 1 saturated heterocycles. The fourth-order valence-corrected chi connectivity index (χ4v) is 5.46. The highest BCUT2D eigenvalue weighted by Crippen LogP contribution is 2.38. The molecule has 3 aromatic rings. The third-order valence-corrected chi connectivity index (χ3v) is 7.53. The summed E-state index contributed by atoms with van der Waals surface area (Å²) in [7, 11) is 0. The Kier molecular flexibility index (Phi) is 6.61. The lowest BCUT2D eigenvalue weighted by molar-refractivity contribution is 0.126. The van der Waals surface area contributed by atoms with Gasteiger partial charge in [0.25, 0.3) is 0 Å². The van der Waals surface area contributed by atoms with Gasteiger partial charge < -0.3 is 15.0 Å². The van der Waals surface area contributed by atoms with E-state index >= 15 is 0 Å². The molecule has 1 N–H and O–H groups in total. The van der Waals surface area contributed by atoms with E-state index < -0.39 is 0 Å². The van der Waals surface area contributed by atoms with Crippen LogP contribution in [0.4, 0.5) is 16.0 Å². The molecule has 34 heavy (non-hydrogen) atoms. The molecule has 2 aliphatic rings. The summed E-state index contributed by atoms with van der Waals surface area (Å²) in [5, 5.41) is 9.66. The maximum absolute atomic E-state index is 14.4. The van der Waals surface area contributed by atoms with Gasteiger partial charge in [0, 0.05) is 31.9 Å². The van der Waals surface area contributed by atoms with Crippen molar-refractivity contribution in [3.8, 4) is 5.75 Å². The lowest BCUT2D eigenvalue weighted by Gasteiger charge is -2.29. The standard InChI is InChI=1S/C27H36FN5O/c1-4-19-13-14-32(17-19)27-22-16-30-25(29-5-2)15-23(22)33(31-27)20-9-11-21(12-10-20)34-24-8-6-7-18(3)26(24)28/h6-8,15-16,19-21H,4-5,9-14,17H2,1-3H3,(H,29,30)/t19-,20?,21?/m1/s1. The van der Waals surface area contributed by atoms with E-state index in [4.69, 9.17) is 9.84 Å². The fraction of sp³-hybridized carbons (Fsp3) is 0.556. The predicted molar refractivity (Wildman–Crippen MR) is 135 cm³/mol. The molecule has 1 saturated carbocycles. The summed E-state index contributed by atoms with van der Waals surface area (Å²) < 4.78 is 22.7. The molecule has 2 aromatic heterocycles. The van der Waals surface area contributed by atoms with Crippen molar-refractivity contribution in [1.29, 1.82) is 0 Å². The fourth-order valence-electron chi connectivity index (χ4n) is 5.46. The van der Waals surface area contributed by atoms with E-state index in [2.05, 4.69) is 39.8 Å². The van der Waals surface area contributed by atoms with Crippen LogP contribution in [-0.2, 0) is 0 Å². The van der Waals surface area contributed by atoms with Crippen LogP contribution < -0.4 is 15.0 Å². The number of nitrogens with zero attached hydrogens (tertiary/aromatic N) is 4. The summed E-state index contributed by atoms with van der Waals surface area (Å²) in [6.45, 7) is 9.10. The van der Waals surface area contributed by atoms with E-state index in [1.54, 1.807) is 19.1 Å². The van der Waals surface area contributed by atoms with E-state index in [0.717, 1.165) is 73.8 Å². The average molecular weight is 466 g/mol. The first-order chi connectivity index (χ1) is 16.6.